The van der Waals surface area contributed by atoms with Crippen LogP contribution in [0.5, 0.6) is 0 Å². The Morgan fingerprint density at radius 3 is 2.25 bits per heavy atom. The normalized spacial score (nSPS) is 29.5. The molecule has 1 aromatic carbocycles. The predicted molar refractivity (Wildman–Crippen MR) is 96.7 cm³/mol. The van der Waals surface area contributed by atoms with Crippen LogP contribution in [0.2, 0.25) is 0 Å². The van der Waals surface area contributed by atoms with Gasteiger partial charge in [0.25, 0.3) is 0 Å². The largest absolute Gasteiger partial charge is 0.616 e. The Labute approximate surface area is 146 Å². The molecule has 2 aliphatic rings. The zero-order valence-electron chi connectivity index (χ0n) is 14.6. The highest BCUT2D eigenvalue weighted by Crippen LogP contribution is 2.37. The number of aryl methyl sites for hydroxylation is 3. The first kappa shape index (κ1) is 17.4. The van der Waals surface area contributed by atoms with Crippen molar-refractivity contribution in [1.29, 1.82) is 0 Å². The van der Waals surface area contributed by atoms with E-state index >= 15 is 0 Å². The van der Waals surface area contributed by atoms with E-state index in [4.69, 9.17) is 0 Å². The molecule has 1 aliphatic carbocycles. The van der Waals surface area contributed by atoms with Crippen LogP contribution in [0.25, 0.3) is 0 Å². The van der Waals surface area contributed by atoms with Crippen molar-refractivity contribution in [2.24, 2.45) is 5.92 Å². The maximum atomic E-state index is 12.9. The molecular formula is C20H24O3S. The van der Waals surface area contributed by atoms with Gasteiger partial charge in [0.05, 0.1) is 0 Å². The van der Waals surface area contributed by atoms with Gasteiger partial charge < -0.3 is 4.55 Å². The molecule has 3 nitrogen and oxygen atoms in total. The molecule has 0 spiro atoms. The number of hydrogen-bond acceptors (Lipinski definition) is 3. The number of rotatable bonds is 2. The van der Waals surface area contributed by atoms with E-state index in [2.05, 4.69) is 0 Å². The molecule has 1 saturated heterocycles. The highest BCUT2D eigenvalue weighted by atomic mass is 32.2. The Morgan fingerprint density at radius 1 is 1.08 bits per heavy atom. The van der Waals surface area contributed by atoms with Crippen molar-refractivity contribution in [2.45, 2.75) is 46.0 Å². The van der Waals surface area contributed by atoms with Gasteiger partial charge in [-0.05, 0) is 61.8 Å². The van der Waals surface area contributed by atoms with Gasteiger partial charge in [-0.15, -0.1) is 0 Å². The highest BCUT2D eigenvalue weighted by molar-refractivity contribution is 7.91. The van der Waals surface area contributed by atoms with Gasteiger partial charge in [-0.3, -0.25) is 9.59 Å². The first-order valence-electron chi connectivity index (χ1n) is 8.57. The lowest BCUT2D eigenvalue weighted by atomic mass is 9.87. The smallest absolute Gasteiger partial charge is 0.173 e. The van der Waals surface area contributed by atoms with E-state index in [9.17, 15) is 14.1 Å². The van der Waals surface area contributed by atoms with Gasteiger partial charge in [0, 0.05) is 6.42 Å². The Kier molecular flexibility index (Phi) is 4.97. The molecule has 2 fully saturated rings. The summed E-state index contributed by atoms with van der Waals surface area (Å²) in [5.74, 6) is 1.05. The summed E-state index contributed by atoms with van der Waals surface area (Å²) < 4.78 is 11.5. The van der Waals surface area contributed by atoms with Gasteiger partial charge in [-0.1, -0.05) is 34.9 Å². The quantitative estimate of drug-likeness (QED) is 0.470. The summed E-state index contributed by atoms with van der Waals surface area (Å²) >= 11 is -0.706. The van der Waals surface area contributed by atoms with Crippen LogP contribution in [0.4, 0.5) is 0 Å². The lowest BCUT2D eigenvalue weighted by Gasteiger charge is -2.22. The maximum absolute atomic E-state index is 12.9. The fraction of sp³-hybridized carbons (Fsp3) is 0.500. The zero-order chi connectivity index (χ0) is 17.4. The van der Waals surface area contributed by atoms with Gasteiger partial charge in [0.1, 0.15) is 17.4 Å². The lowest BCUT2D eigenvalue weighted by molar-refractivity contribution is -0.123. The minimum Gasteiger partial charge on any atom is -0.616 e. The van der Waals surface area contributed by atoms with E-state index in [0.29, 0.717) is 17.1 Å². The summed E-state index contributed by atoms with van der Waals surface area (Å²) in [4.78, 5) is 25.5. The van der Waals surface area contributed by atoms with E-state index in [1.807, 2.05) is 39.0 Å². The first-order valence-corrected chi connectivity index (χ1v) is 10.1. The van der Waals surface area contributed by atoms with Crippen molar-refractivity contribution in [1.82, 2.24) is 0 Å². The second-order valence-corrected chi connectivity index (χ2v) is 8.83. The van der Waals surface area contributed by atoms with E-state index < -0.39 is 17.1 Å². The van der Waals surface area contributed by atoms with Crippen molar-refractivity contribution in [3.63, 3.8) is 0 Å². The van der Waals surface area contributed by atoms with Crippen molar-refractivity contribution in [3.8, 4) is 0 Å². The van der Waals surface area contributed by atoms with Crippen LogP contribution in [-0.2, 0) is 20.8 Å². The standard InChI is InChI=1S/C20H24O3S/c1-12-8-13(2)18(14(3)9-12)19-17(21)11-16(20(19)22)10-15-4-6-24(23)7-5-15/h8-10,15,19H,4-7,11H2,1-3H3/b16-10+. The number of ketones is 2. The molecule has 128 valence electrons. The molecule has 24 heavy (non-hydrogen) atoms. The van der Waals surface area contributed by atoms with Crippen molar-refractivity contribution < 1.29 is 14.1 Å². The molecule has 4 heteroatoms. The van der Waals surface area contributed by atoms with Crippen molar-refractivity contribution in [3.05, 3.63) is 46.0 Å². The molecule has 1 saturated carbocycles. The van der Waals surface area contributed by atoms with Crippen LogP contribution in [0.1, 0.15) is 47.4 Å². The molecule has 1 aliphatic heterocycles. The molecule has 1 aromatic rings. The minimum atomic E-state index is -0.706. The predicted octanol–water partition coefficient (Wildman–Crippen LogP) is 3.32. The minimum absolute atomic E-state index is 0.0145. The van der Waals surface area contributed by atoms with Gasteiger partial charge >= 0.3 is 0 Å². The highest BCUT2D eigenvalue weighted by Gasteiger charge is 2.40. The summed E-state index contributed by atoms with van der Waals surface area (Å²) in [6, 6.07) is 4.09. The van der Waals surface area contributed by atoms with Crippen LogP contribution < -0.4 is 0 Å². The van der Waals surface area contributed by atoms with Crippen LogP contribution in [0, 0.1) is 26.7 Å². The molecule has 0 radical (unpaired) electrons. The first-order chi connectivity index (χ1) is 11.4. The number of allylic oxidation sites excluding steroid dienone is 2. The van der Waals surface area contributed by atoms with E-state index in [0.717, 1.165) is 35.1 Å². The number of carbonyl (C=O) groups is 2. The zero-order valence-corrected chi connectivity index (χ0v) is 15.4. The third-order valence-corrected chi connectivity index (χ3v) is 6.54. The SMILES string of the molecule is Cc1cc(C)c(C2C(=O)C/C(=C\C3CC[S+]([O-])CC3)C2=O)c(C)c1. The molecule has 0 N–H and O–H groups in total. The van der Waals surface area contributed by atoms with E-state index in [-0.39, 0.29) is 23.9 Å². The number of hydrogen-bond donors (Lipinski definition) is 0. The Balaban J connectivity index is 1.87. The van der Waals surface area contributed by atoms with Gasteiger partial charge in [-0.25, -0.2) is 0 Å². The fourth-order valence-electron chi connectivity index (χ4n) is 4.05. The van der Waals surface area contributed by atoms with Crippen LogP contribution in [-0.4, -0.2) is 27.6 Å². The second-order valence-electron chi connectivity index (χ2n) is 7.13. The number of benzene rings is 1. The second kappa shape index (κ2) is 6.85. The van der Waals surface area contributed by atoms with Crippen molar-refractivity contribution >= 4 is 22.7 Å². The average Bonchev–Trinajstić information content (AvgIpc) is 2.76. The summed E-state index contributed by atoms with van der Waals surface area (Å²) in [6.07, 6.45) is 3.95. The monoisotopic (exact) mass is 344 g/mol. The molecule has 0 amide bonds. The topological polar surface area (TPSA) is 57.2 Å². The van der Waals surface area contributed by atoms with Crippen LogP contribution >= 0.6 is 0 Å². The number of Topliss-reactive ketones (excluding diaryl/α,β-unsaturated/α-hetero) is 2. The van der Waals surface area contributed by atoms with Crippen molar-refractivity contribution in [2.75, 3.05) is 11.5 Å². The Morgan fingerprint density at radius 2 is 1.67 bits per heavy atom. The van der Waals surface area contributed by atoms with E-state index in [1.54, 1.807) is 0 Å². The summed E-state index contributed by atoms with van der Waals surface area (Å²) in [5, 5.41) is 0. The van der Waals surface area contributed by atoms with Gasteiger partial charge in [0.15, 0.2) is 11.6 Å². The fourth-order valence-corrected chi connectivity index (χ4v) is 5.39. The summed E-state index contributed by atoms with van der Waals surface area (Å²) in [7, 11) is 0. The van der Waals surface area contributed by atoms with Crippen LogP contribution in [0.3, 0.4) is 0 Å². The van der Waals surface area contributed by atoms with Gasteiger partial charge in [0.2, 0.25) is 0 Å². The van der Waals surface area contributed by atoms with E-state index in [1.165, 1.54) is 0 Å². The molecular weight excluding hydrogens is 320 g/mol. The summed E-state index contributed by atoms with van der Waals surface area (Å²) in [5.41, 5.74) is 4.76. The molecule has 1 heterocycles. The third-order valence-electron chi connectivity index (χ3n) is 5.16. The molecule has 1 atom stereocenters. The molecule has 0 bridgehead atoms. The summed E-state index contributed by atoms with van der Waals surface area (Å²) in [6.45, 7) is 5.99. The maximum Gasteiger partial charge on any atom is 0.173 e. The molecule has 1 unspecified atom stereocenters. The van der Waals surface area contributed by atoms with Crippen LogP contribution in [0.15, 0.2) is 23.8 Å². The lowest BCUT2D eigenvalue weighted by Crippen LogP contribution is -2.22. The van der Waals surface area contributed by atoms with Gasteiger partial charge in [-0.2, -0.15) is 0 Å². The average molecular weight is 344 g/mol. The Bertz CT molecular complexity index is 689. The Hall–Kier alpha value is -1.39. The third kappa shape index (κ3) is 3.35. The molecule has 3 rings (SSSR count). The molecule has 0 aromatic heterocycles. The number of carbonyl (C=O) groups excluding carboxylic acids is 2.